The molecule has 0 radical (unpaired) electrons. The van der Waals surface area contributed by atoms with Gasteiger partial charge in [-0.2, -0.15) is 0 Å². The van der Waals surface area contributed by atoms with Gasteiger partial charge in [-0.05, 0) is 43.3 Å². The van der Waals surface area contributed by atoms with Gasteiger partial charge in [0.05, 0.1) is 17.2 Å². The van der Waals surface area contributed by atoms with Gasteiger partial charge in [0.2, 0.25) is 0 Å². The molecule has 2 aromatic rings. The highest BCUT2D eigenvalue weighted by Crippen LogP contribution is 2.21. The van der Waals surface area contributed by atoms with Crippen LogP contribution in [-0.4, -0.2) is 20.1 Å². The average Bonchev–Trinajstić information content (AvgIpc) is 2.39. The van der Waals surface area contributed by atoms with Gasteiger partial charge in [-0.25, -0.2) is 8.42 Å². The van der Waals surface area contributed by atoms with Crippen LogP contribution in [0.5, 0.6) is 11.5 Å². The van der Waals surface area contributed by atoms with Crippen molar-refractivity contribution in [3.8, 4) is 11.5 Å². The second-order valence-electron chi connectivity index (χ2n) is 4.06. The number of hydrogen-bond donors (Lipinski definition) is 2. The number of phenols is 1. The van der Waals surface area contributed by atoms with E-state index in [1.54, 1.807) is 24.3 Å². The Morgan fingerprint density at radius 3 is 2.50 bits per heavy atom. The van der Waals surface area contributed by atoms with E-state index in [9.17, 15) is 13.5 Å². The zero-order valence-corrected chi connectivity index (χ0v) is 11.7. The van der Waals surface area contributed by atoms with Crippen LogP contribution in [0.1, 0.15) is 6.92 Å². The van der Waals surface area contributed by atoms with E-state index in [1.165, 1.54) is 24.3 Å². The minimum Gasteiger partial charge on any atom is -0.508 e. The Kier molecular flexibility index (Phi) is 4.14. The number of sulfonamides is 1. The van der Waals surface area contributed by atoms with Gasteiger partial charge >= 0.3 is 0 Å². The lowest BCUT2D eigenvalue weighted by molar-refractivity contribution is 0.340. The minimum absolute atomic E-state index is 0.0160. The van der Waals surface area contributed by atoms with Crippen molar-refractivity contribution in [2.75, 3.05) is 11.3 Å². The molecule has 0 saturated carbocycles. The molecule has 5 nitrogen and oxygen atoms in total. The van der Waals surface area contributed by atoms with Gasteiger partial charge in [0.1, 0.15) is 11.5 Å². The highest BCUT2D eigenvalue weighted by molar-refractivity contribution is 7.92. The number of aromatic hydroxyl groups is 1. The predicted molar refractivity (Wildman–Crippen MR) is 76.5 cm³/mol. The second-order valence-corrected chi connectivity index (χ2v) is 5.74. The van der Waals surface area contributed by atoms with E-state index >= 15 is 0 Å². The van der Waals surface area contributed by atoms with E-state index in [2.05, 4.69) is 4.72 Å². The molecule has 0 heterocycles. The summed E-state index contributed by atoms with van der Waals surface area (Å²) >= 11 is 0. The normalized spacial score (nSPS) is 11.1. The standard InChI is InChI=1S/C14H15NO4S/c1-2-19-13-5-3-4-11(10-13)15-20(17,18)14-8-6-12(16)7-9-14/h3-10,15-16H,2H2,1H3. The smallest absolute Gasteiger partial charge is 0.261 e. The van der Waals surface area contributed by atoms with Crippen molar-refractivity contribution in [1.82, 2.24) is 0 Å². The van der Waals surface area contributed by atoms with Crippen LogP contribution in [0.25, 0.3) is 0 Å². The van der Waals surface area contributed by atoms with Gasteiger partial charge < -0.3 is 9.84 Å². The SMILES string of the molecule is CCOc1cccc(NS(=O)(=O)c2ccc(O)cc2)c1. The molecule has 0 spiro atoms. The van der Waals surface area contributed by atoms with Crippen LogP contribution >= 0.6 is 0 Å². The third-order valence-electron chi connectivity index (χ3n) is 2.54. The lowest BCUT2D eigenvalue weighted by Gasteiger charge is -2.10. The summed E-state index contributed by atoms with van der Waals surface area (Å²) < 4.78 is 32.1. The number of benzene rings is 2. The molecule has 0 aliphatic heterocycles. The first-order valence-corrected chi connectivity index (χ1v) is 7.54. The Hall–Kier alpha value is -2.21. The first-order chi connectivity index (χ1) is 9.51. The number of rotatable bonds is 5. The molecule has 0 fully saturated rings. The van der Waals surface area contributed by atoms with Gasteiger partial charge in [-0.1, -0.05) is 6.07 Å². The molecule has 0 aliphatic carbocycles. The second kappa shape index (κ2) is 5.83. The van der Waals surface area contributed by atoms with Crippen LogP contribution in [0.2, 0.25) is 0 Å². The van der Waals surface area contributed by atoms with Gasteiger partial charge in [-0.15, -0.1) is 0 Å². The summed E-state index contributed by atoms with van der Waals surface area (Å²) in [5, 5.41) is 9.18. The molecule has 6 heteroatoms. The van der Waals surface area contributed by atoms with Crippen molar-refractivity contribution in [1.29, 1.82) is 0 Å². The van der Waals surface area contributed by atoms with Crippen molar-refractivity contribution in [2.24, 2.45) is 0 Å². The molecule has 0 amide bonds. The molecule has 0 atom stereocenters. The Balaban J connectivity index is 2.24. The fraction of sp³-hybridized carbons (Fsp3) is 0.143. The largest absolute Gasteiger partial charge is 0.508 e. The molecular formula is C14H15NO4S. The van der Waals surface area contributed by atoms with Gasteiger partial charge in [0.25, 0.3) is 10.0 Å². The number of hydrogen-bond acceptors (Lipinski definition) is 4. The van der Waals surface area contributed by atoms with Crippen LogP contribution in [0.3, 0.4) is 0 Å². The third kappa shape index (κ3) is 3.42. The highest BCUT2D eigenvalue weighted by Gasteiger charge is 2.14. The van der Waals surface area contributed by atoms with Crippen molar-refractivity contribution in [3.63, 3.8) is 0 Å². The topological polar surface area (TPSA) is 75.6 Å². The summed E-state index contributed by atoms with van der Waals surface area (Å²) in [5.41, 5.74) is 0.420. The Labute approximate surface area is 117 Å². The summed E-state index contributed by atoms with van der Waals surface area (Å²) in [6.07, 6.45) is 0. The van der Waals surface area contributed by atoms with Gasteiger partial charge in [0.15, 0.2) is 0 Å². The van der Waals surface area contributed by atoms with Crippen molar-refractivity contribution >= 4 is 15.7 Å². The monoisotopic (exact) mass is 293 g/mol. The van der Waals surface area contributed by atoms with Crippen LogP contribution < -0.4 is 9.46 Å². The molecule has 20 heavy (non-hydrogen) atoms. The maximum absolute atomic E-state index is 12.1. The molecule has 0 saturated heterocycles. The first kappa shape index (κ1) is 14.2. The summed E-state index contributed by atoms with van der Waals surface area (Å²) in [5.74, 6) is 0.612. The molecule has 2 N–H and O–H groups in total. The van der Waals surface area contributed by atoms with Crippen LogP contribution in [0.4, 0.5) is 5.69 Å². The molecule has 0 aromatic heterocycles. The summed E-state index contributed by atoms with van der Waals surface area (Å²) in [6.45, 7) is 2.36. The summed E-state index contributed by atoms with van der Waals surface area (Å²) in [6, 6.07) is 12.0. The molecular weight excluding hydrogens is 278 g/mol. The molecule has 106 valence electrons. The van der Waals surface area contributed by atoms with E-state index in [0.717, 1.165) is 0 Å². The number of anilines is 1. The van der Waals surface area contributed by atoms with Crippen molar-refractivity contribution < 1.29 is 18.3 Å². The Morgan fingerprint density at radius 1 is 1.15 bits per heavy atom. The lowest BCUT2D eigenvalue weighted by Crippen LogP contribution is -2.12. The summed E-state index contributed by atoms with van der Waals surface area (Å²) in [4.78, 5) is 0.0807. The van der Waals surface area contributed by atoms with Gasteiger partial charge in [-0.3, -0.25) is 4.72 Å². The van der Waals surface area contributed by atoms with Crippen molar-refractivity contribution in [2.45, 2.75) is 11.8 Å². The molecule has 0 bridgehead atoms. The van der Waals surface area contributed by atoms with Crippen molar-refractivity contribution in [3.05, 3.63) is 48.5 Å². The Morgan fingerprint density at radius 2 is 1.85 bits per heavy atom. The minimum atomic E-state index is -3.68. The zero-order valence-electron chi connectivity index (χ0n) is 10.9. The van der Waals surface area contributed by atoms with E-state index in [1.807, 2.05) is 6.92 Å². The number of phenolic OH excluding ortho intramolecular Hbond substituents is 1. The first-order valence-electron chi connectivity index (χ1n) is 6.06. The predicted octanol–water partition coefficient (Wildman–Crippen LogP) is 2.59. The maximum Gasteiger partial charge on any atom is 0.261 e. The fourth-order valence-corrected chi connectivity index (χ4v) is 2.70. The maximum atomic E-state index is 12.1. The van der Waals surface area contributed by atoms with E-state index in [4.69, 9.17) is 4.74 Å². The van der Waals surface area contributed by atoms with E-state index < -0.39 is 10.0 Å². The van der Waals surface area contributed by atoms with Crippen LogP contribution in [-0.2, 0) is 10.0 Å². The average molecular weight is 293 g/mol. The highest BCUT2D eigenvalue weighted by atomic mass is 32.2. The van der Waals surface area contributed by atoms with Crippen LogP contribution in [0, 0.1) is 0 Å². The van der Waals surface area contributed by atoms with E-state index in [-0.39, 0.29) is 10.6 Å². The molecule has 0 unspecified atom stereocenters. The molecule has 2 rings (SSSR count). The quantitative estimate of drug-likeness (QED) is 0.888. The van der Waals surface area contributed by atoms with E-state index in [0.29, 0.717) is 18.0 Å². The Bertz CT molecular complexity index is 681. The van der Waals surface area contributed by atoms with Crippen LogP contribution in [0.15, 0.2) is 53.4 Å². The zero-order chi connectivity index (χ0) is 14.6. The number of ether oxygens (including phenoxy) is 1. The summed E-state index contributed by atoms with van der Waals surface area (Å²) in [7, 11) is -3.68. The third-order valence-corrected chi connectivity index (χ3v) is 3.94. The molecule has 2 aromatic carbocycles. The fourth-order valence-electron chi connectivity index (χ4n) is 1.66. The number of nitrogens with one attached hydrogen (secondary N) is 1. The molecule has 0 aliphatic rings. The lowest BCUT2D eigenvalue weighted by atomic mass is 10.3. The van der Waals surface area contributed by atoms with Gasteiger partial charge in [0, 0.05) is 6.07 Å².